The number of carbonyl (C=O) groups excluding carboxylic acids is 2. The average molecular weight is 343 g/mol. The van der Waals surface area contributed by atoms with Crippen LogP contribution in [0.3, 0.4) is 0 Å². The Hall–Kier alpha value is -2.10. The van der Waals surface area contributed by atoms with E-state index in [4.69, 9.17) is 4.74 Å². The highest BCUT2D eigenvalue weighted by Gasteiger charge is 2.36. The van der Waals surface area contributed by atoms with Crippen molar-refractivity contribution in [1.29, 1.82) is 0 Å². The van der Waals surface area contributed by atoms with E-state index in [2.05, 4.69) is 19.1 Å². The van der Waals surface area contributed by atoms with Crippen molar-refractivity contribution in [1.82, 2.24) is 4.90 Å². The van der Waals surface area contributed by atoms with Gasteiger partial charge >= 0.3 is 6.09 Å². The number of hydrogen-bond donors (Lipinski definition) is 0. The molecule has 1 aromatic rings. The van der Waals surface area contributed by atoms with Crippen LogP contribution in [0.15, 0.2) is 42.5 Å². The molecule has 1 heterocycles. The third kappa shape index (κ3) is 6.04. The third-order valence-corrected chi connectivity index (χ3v) is 4.62. The van der Waals surface area contributed by atoms with Gasteiger partial charge in [-0.3, -0.25) is 4.90 Å². The van der Waals surface area contributed by atoms with Gasteiger partial charge in [-0.25, -0.2) is 4.79 Å². The Morgan fingerprint density at radius 2 is 2.00 bits per heavy atom. The van der Waals surface area contributed by atoms with Gasteiger partial charge in [0.25, 0.3) is 0 Å². The molecule has 2 rings (SSSR count). The fourth-order valence-electron chi connectivity index (χ4n) is 3.34. The van der Waals surface area contributed by atoms with Gasteiger partial charge in [0.15, 0.2) is 0 Å². The van der Waals surface area contributed by atoms with Crippen LogP contribution in [-0.4, -0.2) is 28.9 Å². The Labute approximate surface area is 150 Å². The summed E-state index contributed by atoms with van der Waals surface area (Å²) in [6.07, 6.45) is 9.13. The van der Waals surface area contributed by atoms with Gasteiger partial charge in [0.1, 0.15) is 12.4 Å². The molecule has 0 N–H and O–H groups in total. The minimum absolute atomic E-state index is 0.102. The zero-order chi connectivity index (χ0) is 18.1. The Balaban J connectivity index is 1.98. The molecule has 0 unspecified atom stereocenters. The number of amides is 1. The molecule has 0 bridgehead atoms. The maximum atomic E-state index is 12.7. The molecule has 1 amide bonds. The molecule has 4 nitrogen and oxygen atoms in total. The number of Topliss-reactive ketones (excluding diaryl/α,β-unsaturated/α-hetero) is 1. The van der Waals surface area contributed by atoms with E-state index < -0.39 is 0 Å². The quantitative estimate of drug-likeness (QED) is 0.632. The van der Waals surface area contributed by atoms with Gasteiger partial charge in [0.2, 0.25) is 0 Å². The molecule has 25 heavy (non-hydrogen) atoms. The van der Waals surface area contributed by atoms with E-state index in [0.717, 1.165) is 37.7 Å². The lowest BCUT2D eigenvalue weighted by atomic mass is 10.1. The summed E-state index contributed by atoms with van der Waals surface area (Å²) in [5.74, 6) is 0.207. The molecule has 0 aromatic heterocycles. The number of likely N-dealkylation sites (tertiary alicyclic amines) is 1. The van der Waals surface area contributed by atoms with E-state index in [1.807, 2.05) is 35.2 Å². The second-order valence-corrected chi connectivity index (χ2v) is 6.68. The third-order valence-electron chi connectivity index (χ3n) is 4.62. The number of allylic oxidation sites excluding steroid dienone is 1. The van der Waals surface area contributed by atoms with Crippen LogP contribution < -0.4 is 0 Å². The van der Waals surface area contributed by atoms with E-state index in [1.165, 1.54) is 0 Å². The summed E-state index contributed by atoms with van der Waals surface area (Å²) in [6, 6.07) is 10.0. The Bertz CT molecular complexity index is 582. The van der Waals surface area contributed by atoms with E-state index in [1.54, 1.807) is 6.92 Å². The standard InChI is InChI=1S/C21H29NO3/c1-3-4-12-19-14-15-20(13-8-9-17(2)23)22(19)21(24)25-16-18-10-6-5-7-11-18/h4-7,10-12,19-20H,3,8-9,13-16H2,1-2H3/b12-4+/t19-,20+/m1/s1. The van der Waals surface area contributed by atoms with E-state index in [-0.39, 0.29) is 24.0 Å². The first-order valence-electron chi connectivity index (χ1n) is 9.27. The molecule has 1 aliphatic rings. The lowest BCUT2D eigenvalue weighted by Crippen LogP contribution is -2.40. The van der Waals surface area contributed by atoms with Crippen molar-refractivity contribution in [2.24, 2.45) is 0 Å². The number of ether oxygens (including phenoxy) is 1. The first-order chi connectivity index (χ1) is 12.1. The SMILES string of the molecule is CC/C=C/[C@@H]1CC[C@H](CCCC(C)=O)N1C(=O)OCc1ccccc1. The summed E-state index contributed by atoms with van der Waals surface area (Å²) < 4.78 is 5.57. The number of nitrogens with zero attached hydrogens (tertiary/aromatic N) is 1. The van der Waals surface area contributed by atoms with Crippen molar-refractivity contribution in [3.8, 4) is 0 Å². The maximum Gasteiger partial charge on any atom is 0.410 e. The van der Waals surface area contributed by atoms with Gasteiger partial charge in [-0.05, 0) is 44.6 Å². The number of carbonyl (C=O) groups is 2. The summed E-state index contributed by atoms with van der Waals surface area (Å²) in [7, 11) is 0. The van der Waals surface area contributed by atoms with Crippen molar-refractivity contribution < 1.29 is 14.3 Å². The van der Waals surface area contributed by atoms with Crippen LogP contribution in [0.4, 0.5) is 4.79 Å². The van der Waals surface area contributed by atoms with Gasteiger partial charge in [-0.1, -0.05) is 49.4 Å². The fourth-order valence-corrected chi connectivity index (χ4v) is 3.34. The summed E-state index contributed by atoms with van der Waals surface area (Å²) in [4.78, 5) is 25.8. The monoisotopic (exact) mass is 343 g/mol. The second kappa shape index (κ2) is 10.0. The van der Waals surface area contributed by atoms with Gasteiger partial charge < -0.3 is 9.53 Å². The van der Waals surface area contributed by atoms with Crippen LogP contribution in [0.1, 0.15) is 57.9 Å². The molecule has 1 fully saturated rings. The van der Waals surface area contributed by atoms with Crippen molar-refractivity contribution >= 4 is 11.9 Å². The van der Waals surface area contributed by atoms with Crippen LogP contribution in [0, 0.1) is 0 Å². The Morgan fingerprint density at radius 1 is 1.24 bits per heavy atom. The first-order valence-corrected chi connectivity index (χ1v) is 9.27. The molecule has 136 valence electrons. The number of hydrogen-bond acceptors (Lipinski definition) is 3. The molecule has 0 radical (unpaired) electrons. The zero-order valence-corrected chi connectivity index (χ0v) is 15.3. The highest BCUT2D eigenvalue weighted by Crippen LogP contribution is 2.29. The summed E-state index contributed by atoms with van der Waals surface area (Å²) >= 11 is 0. The molecule has 0 aliphatic carbocycles. The van der Waals surface area contributed by atoms with Crippen molar-refractivity contribution in [3.63, 3.8) is 0 Å². The normalized spacial score (nSPS) is 20.2. The Kier molecular flexibility index (Phi) is 7.71. The van der Waals surface area contributed by atoms with Crippen molar-refractivity contribution in [2.75, 3.05) is 0 Å². The van der Waals surface area contributed by atoms with Gasteiger partial charge in [0, 0.05) is 12.5 Å². The molecule has 2 atom stereocenters. The smallest absolute Gasteiger partial charge is 0.410 e. The first kappa shape index (κ1) is 19.2. The number of ketones is 1. The number of rotatable bonds is 8. The van der Waals surface area contributed by atoms with Crippen LogP contribution in [-0.2, 0) is 16.1 Å². The highest BCUT2D eigenvalue weighted by molar-refractivity contribution is 5.75. The molecule has 0 spiro atoms. The second-order valence-electron chi connectivity index (χ2n) is 6.68. The summed E-state index contributed by atoms with van der Waals surface area (Å²) in [5.41, 5.74) is 0.990. The molecule has 1 aliphatic heterocycles. The molecule has 0 saturated carbocycles. The fraction of sp³-hybridized carbons (Fsp3) is 0.524. The van der Waals surface area contributed by atoms with Gasteiger partial charge in [-0.2, -0.15) is 0 Å². The largest absolute Gasteiger partial charge is 0.445 e. The van der Waals surface area contributed by atoms with Crippen molar-refractivity contribution in [2.45, 2.75) is 71.1 Å². The van der Waals surface area contributed by atoms with Crippen LogP contribution in [0.5, 0.6) is 0 Å². The topological polar surface area (TPSA) is 46.6 Å². The predicted octanol–water partition coefficient (Wildman–Crippen LogP) is 4.88. The van der Waals surface area contributed by atoms with Crippen LogP contribution in [0.25, 0.3) is 0 Å². The van der Waals surface area contributed by atoms with Crippen LogP contribution >= 0.6 is 0 Å². The van der Waals surface area contributed by atoms with E-state index in [0.29, 0.717) is 13.0 Å². The molecule has 1 aromatic carbocycles. The average Bonchev–Trinajstić information content (AvgIpc) is 3.01. The van der Waals surface area contributed by atoms with Gasteiger partial charge in [-0.15, -0.1) is 0 Å². The zero-order valence-electron chi connectivity index (χ0n) is 15.3. The summed E-state index contributed by atoms with van der Waals surface area (Å²) in [5, 5.41) is 0. The predicted molar refractivity (Wildman–Crippen MR) is 99.2 cm³/mol. The molecular weight excluding hydrogens is 314 g/mol. The lowest BCUT2D eigenvalue weighted by Gasteiger charge is -2.28. The minimum Gasteiger partial charge on any atom is -0.445 e. The molecule has 1 saturated heterocycles. The van der Waals surface area contributed by atoms with Gasteiger partial charge in [0.05, 0.1) is 6.04 Å². The maximum absolute atomic E-state index is 12.7. The molecular formula is C21H29NO3. The van der Waals surface area contributed by atoms with Crippen LogP contribution in [0.2, 0.25) is 0 Å². The van der Waals surface area contributed by atoms with Crippen molar-refractivity contribution in [3.05, 3.63) is 48.0 Å². The number of benzene rings is 1. The Morgan fingerprint density at radius 3 is 2.68 bits per heavy atom. The van der Waals surface area contributed by atoms with E-state index >= 15 is 0 Å². The highest BCUT2D eigenvalue weighted by atomic mass is 16.6. The minimum atomic E-state index is -0.250. The van der Waals surface area contributed by atoms with E-state index in [9.17, 15) is 9.59 Å². The molecule has 4 heteroatoms. The summed E-state index contributed by atoms with van der Waals surface area (Å²) in [6.45, 7) is 4.00. The lowest BCUT2D eigenvalue weighted by molar-refractivity contribution is -0.117.